The van der Waals surface area contributed by atoms with E-state index in [4.69, 9.17) is 0 Å². The van der Waals surface area contributed by atoms with Gasteiger partial charge < -0.3 is 5.32 Å². The van der Waals surface area contributed by atoms with Crippen LogP contribution in [0.15, 0.2) is 0 Å². The molecule has 0 saturated carbocycles. The van der Waals surface area contributed by atoms with E-state index in [1.807, 2.05) is 20.8 Å². The topological polar surface area (TPSA) is 29.1 Å². The molecule has 0 bridgehead atoms. The Labute approximate surface area is 56.6 Å². The molecule has 0 rings (SSSR count). The van der Waals surface area contributed by atoms with Crippen LogP contribution in [0.25, 0.3) is 0 Å². The Morgan fingerprint density at radius 2 is 1.78 bits per heavy atom. The number of amides is 1. The summed E-state index contributed by atoms with van der Waals surface area (Å²) in [5, 5.41) is 2.61. The highest BCUT2D eigenvalue weighted by molar-refractivity contribution is 5.78. The van der Waals surface area contributed by atoms with Gasteiger partial charge in [-0.25, -0.2) is 0 Å². The highest BCUT2D eigenvalue weighted by Gasteiger charge is 2.13. The molecule has 1 unspecified atom stereocenters. The molecule has 0 spiro atoms. The standard InChI is InChI=1S/C7H15NO/c1-5(2)6(3)7(9)8-4/h5-6H,1-4H3,(H,8,9). The number of carbonyl (C=O) groups is 1. The number of rotatable bonds is 2. The van der Waals surface area contributed by atoms with E-state index in [1.54, 1.807) is 7.05 Å². The first-order valence-corrected chi connectivity index (χ1v) is 3.31. The third kappa shape index (κ3) is 2.49. The number of carbonyl (C=O) groups excluding carboxylic acids is 1. The van der Waals surface area contributed by atoms with E-state index in [1.165, 1.54) is 0 Å². The first kappa shape index (κ1) is 8.47. The summed E-state index contributed by atoms with van der Waals surface area (Å²) < 4.78 is 0. The minimum Gasteiger partial charge on any atom is -0.359 e. The van der Waals surface area contributed by atoms with Crippen LogP contribution in [0.1, 0.15) is 20.8 Å². The normalized spacial score (nSPS) is 13.4. The van der Waals surface area contributed by atoms with E-state index in [2.05, 4.69) is 5.32 Å². The summed E-state index contributed by atoms with van der Waals surface area (Å²) in [4.78, 5) is 10.8. The Morgan fingerprint density at radius 3 is 1.89 bits per heavy atom. The van der Waals surface area contributed by atoms with E-state index in [0.29, 0.717) is 5.92 Å². The van der Waals surface area contributed by atoms with Gasteiger partial charge in [-0.15, -0.1) is 0 Å². The third-order valence-corrected chi connectivity index (χ3v) is 1.66. The van der Waals surface area contributed by atoms with Crippen LogP contribution >= 0.6 is 0 Å². The van der Waals surface area contributed by atoms with Gasteiger partial charge in [0.15, 0.2) is 0 Å². The largest absolute Gasteiger partial charge is 0.359 e. The summed E-state index contributed by atoms with van der Waals surface area (Å²) in [5.41, 5.74) is 0. The number of nitrogens with one attached hydrogen (secondary N) is 1. The minimum absolute atomic E-state index is 0.130. The van der Waals surface area contributed by atoms with Crippen molar-refractivity contribution in [3.63, 3.8) is 0 Å². The van der Waals surface area contributed by atoms with Gasteiger partial charge in [0.05, 0.1) is 0 Å². The van der Waals surface area contributed by atoms with Crippen molar-refractivity contribution >= 4 is 5.91 Å². The van der Waals surface area contributed by atoms with E-state index in [0.717, 1.165) is 0 Å². The van der Waals surface area contributed by atoms with Crippen LogP contribution in [-0.2, 0) is 4.79 Å². The molecule has 0 radical (unpaired) electrons. The van der Waals surface area contributed by atoms with Gasteiger partial charge in [0.2, 0.25) is 5.91 Å². The second-order valence-corrected chi connectivity index (χ2v) is 2.65. The summed E-state index contributed by atoms with van der Waals surface area (Å²) >= 11 is 0. The van der Waals surface area contributed by atoms with Crippen LogP contribution in [-0.4, -0.2) is 13.0 Å². The molecule has 0 heterocycles. The zero-order chi connectivity index (χ0) is 7.44. The van der Waals surface area contributed by atoms with Crippen molar-refractivity contribution in [3.8, 4) is 0 Å². The second kappa shape index (κ2) is 3.49. The lowest BCUT2D eigenvalue weighted by atomic mass is 9.98. The maximum Gasteiger partial charge on any atom is 0.222 e. The average molecular weight is 129 g/mol. The zero-order valence-corrected chi connectivity index (χ0v) is 6.56. The Morgan fingerprint density at radius 1 is 1.33 bits per heavy atom. The van der Waals surface area contributed by atoms with Crippen molar-refractivity contribution in [2.24, 2.45) is 11.8 Å². The van der Waals surface area contributed by atoms with Crippen LogP contribution in [0.2, 0.25) is 0 Å². The molecular formula is C7H15NO. The molecule has 2 heteroatoms. The van der Waals surface area contributed by atoms with Gasteiger partial charge in [0.25, 0.3) is 0 Å². The highest BCUT2D eigenvalue weighted by atomic mass is 16.1. The van der Waals surface area contributed by atoms with Crippen LogP contribution in [0.3, 0.4) is 0 Å². The smallest absolute Gasteiger partial charge is 0.222 e. The molecular weight excluding hydrogens is 114 g/mol. The highest BCUT2D eigenvalue weighted by Crippen LogP contribution is 2.08. The van der Waals surface area contributed by atoms with Gasteiger partial charge in [0.1, 0.15) is 0 Å². The van der Waals surface area contributed by atoms with Gasteiger partial charge in [-0.05, 0) is 5.92 Å². The van der Waals surface area contributed by atoms with Crippen LogP contribution < -0.4 is 5.32 Å². The molecule has 0 saturated heterocycles. The third-order valence-electron chi connectivity index (χ3n) is 1.66. The lowest BCUT2D eigenvalue weighted by molar-refractivity contribution is -0.125. The quantitative estimate of drug-likeness (QED) is 0.592. The lowest BCUT2D eigenvalue weighted by Gasteiger charge is -2.12. The molecule has 9 heavy (non-hydrogen) atoms. The molecule has 2 nitrogen and oxygen atoms in total. The Hall–Kier alpha value is -0.530. The second-order valence-electron chi connectivity index (χ2n) is 2.65. The molecule has 1 amide bonds. The minimum atomic E-state index is 0.130. The van der Waals surface area contributed by atoms with Crippen LogP contribution in [0, 0.1) is 11.8 Å². The number of hydrogen-bond acceptors (Lipinski definition) is 1. The van der Waals surface area contributed by atoms with Gasteiger partial charge in [-0.1, -0.05) is 20.8 Å². The maximum absolute atomic E-state index is 10.8. The molecule has 0 fully saturated rings. The molecule has 0 aliphatic carbocycles. The Balaban J connectivity index is 3.72. The molecule has 54 valence electrons. The van der Waals surface area contributed by atoms with E-state index in [9.17, 15) is 4.79 Å². The first-order chi connectivity index (χ1) is 4.09. The molecule has 0 aromatic carbocycles. The molecule has 1 N–H and O–H groups in total. The molecule has 0 aromatic heterocycles. The lowest BCUT2D eigenvalue weighted by Crippen LogP contribution is -2.28. The van der Waals surface area contributed by atoms with Gasteiger partial charge in [0, 0.05) is 13.0 Å². The molecule has 0 aliphatic heterocycles. The SMILES string of the molecule is CNC(=O)C(C)C(C)C. The predicted octanol–water partition coefficient (Wildman–Crippen LogP) is 1.02. The fourth-order valence-electron chi connectivity index (χ4n) is 0.530. The van der Waals surface area contributed by atoms with Crippen molar-refractivity contribution in [3.05, 3.63) is 0 Å². The van der Waals surface area contributed by atoms with Gasteiger partial charge >= 0.3 is 0 Å². The van der Waals surface area contributed by atoms with Crippen molar-refractivity contribution in [1.29, 1.82) is 0 Å². The molecule has 1 atom stereocenters. The maximum atomic E-state index is 10.8. The van der Waals surface area contributed by atoms with Gasteiger partial charge in [-0.2, -0.15) is 0 Å². The average Bonchev–Trinajstić information content (AvgIpc) is 1.84. The van der Waals surface area contributed by atoms with E-state index < -0.39 is 0 Å². The van der Waals surface area contributed by atoms with Crippen molar-refractivity contribution in [2.75, 3.05) is 7.05 Å². The van der Waals surface area contributed by atoms with Crippen molar-refractivity contribution in [1.82, 2.24) is 5.32 Å². The summed E-state index contributed by atoms with van der Waals surface area (Å²) in [6.07, 6.45) is 0. The Bertz CT molecular complexity index is 99.1. The summed E-state index contributed by atoms with van der Waals surface area (Å²) in [7, 11) is 1.67. The summed E-state index contributed by atoms with van der Waals surface area (Å²) in [5.74, 6) is 0.699. The van der Waals surface area contributed by atoms with E-state index in [-0.39, 0.29) is 11.8 Å². The number of hydrogen-bond donors (Lipinski definition) is 1. The Kier molecular flexibility index (Phi) is 3.28. The fourth-order valence-corrected chi connectivity index (χ4v) is 0.530. The predicted molar refractivity (Wildman–Crippen MR) is 38.1 cm³/mol. The van der Waals surface area contributed by atoms with Gasteiger partial charge in [-0.3, -0.25) is 4.79 Å². The summed E-state index contributed by atoms with van der Waals surface area (Å²) in [6.45, 7) is 6.02. The summed E-state index contributed by atoms with van der Waals surface area (Å²) in [6, 6.07) is 0. The van der Waals surface area contributed by atoms with Crippen LogP contribution in [0.4, 0.5) is 0 Å². The van der Waals surface area contributed by atoms with Crippen molar-refractivity contribution < 1.29 is 4.79 Å². The van der Waals surface area contributed by atoms with Crippen molar-refractivity contribution in [2.45, 2.75) is 20.8 Å². The van der Waals surface area contributed by atoms with Crippen LogP contribution in [0.5, 0.6) is 0 Å². The monoisotopic (exact) mass is 129 g/mol. The zero-order valence-electron chi connectivity index (χ0n) is 6.56. The molecule has 0 aromatic rings. The fraction of sp³-hybridized carbons (Fsp3) is 0.857. The first-order valence-electron chi connectivity index (χ1n) is 3.31. The molecule has 0 aliphatic rings. The van der Waals surface area contributed by atoms with E-state index >= 15 is 0 Å².